The Hall–Kier alpha value is -0.520. The molecular formula is C12H18O2. The lowest BCUT2D eigenvalue weighted by Crippen LogP contribution is -2.36. The molecule has 1 saturated carbocycles. The lowest BCUT2D eigenvalue weighted by Gasteiger charge is -2.36. The third kappa shape index (κ3) is 2.50. The van der Waals surface area contributed by atoms with Gasteiger partial charge < -0.3 is 9.47 Å². The highest BCUT2D eigenvalue weighted by atomic mass is 16.6. The van der Waals surface area contributed by atoms with Gasteiger partial charge in [-0.15, -0.1) is 6.42 Å². The SMILES string of the molecule is C#CCOC1(CC2CO2)CCCCC1. The van der Waals surface area contributed by atoms with Crippen LogP contribution >= 0.6 is 0 Å². The zero-order valence-corrected chi connectivity index (χ0v) is 8.63. The summed E-state index contributed by atoms with van der Waals surface area (Å²) in [7, 11) is 0. The highest BCUT2D eigenvalue weighted by molar-refractivity contribution is 4.93. The second-order valence-electron chi connectivity index (χ2n) is 4.40. The van der Waals surface area contributed by atoms with Gasteiger partial charge in [-0.05, 0) is 12.8 Å². The van der Waals surface area contributed by atoms with E-state index in [-0.39, 0.29) is 5.60 Å². The van der Waals surface area contributed by atoms with Gasteiger partial charge >= 0.3 is 0 Å². The van der Waals surface area contributed by atoms with Crippen LogP contribution in [0.15, 0.2) is 0 Å². The Bertz CT molecular complexity index is 219. The minimum Gasteiger partial charge on any atom is -0.373 e. The lowest BCUT2D eigenvalue weighted by atomic mass is 9.81. The average molecular weight is 194 g/mol. The van der Waals surface area contributed by atoms with E-state index < -0.39 is 0 Å². The third-order valence-electron chi connectivity index (χ3n) is 3.23. The van der Waals surface area contributed by atoms with Crippen LogP contribution in [0.25, 0.3) is 0 Å². The molecule has 14 heavy (non-hydrogen) atoms. The van der Waals surface area contributed by atoms with E-state index >= 15 is 0 Å². The zero-order chi connectivity index (χ0) is 9.86. The summed E-state index contributed by atoms with van der Waals surface area (Å²) in [6, 6.07) is 0. The summed E-state index contributed by atoms with van der Waals surface area (Å²) in [5, 5.41) is 0. The van der Waals surface area contributed by atoms with Crippen molar-refractivity contribution in [3.63, 3.8) is 0 Å². The van der Waals surface area contributed by atoms with Crippen LogP contribution in [0, 0.1) is 12.3 Å². The molecule has 2 fully saturated rings. The minimum absolute atomic E-state index is 0.0474. The maximum Gasteiger partial charge on any atom is 0.108 e. The maximum atomic E-state index is 5.85. The summed E-state index contributed by atoms with van der Waals surface area (Å²) in [6.45, 7) is 1.37. The van der Waals surface area contributed by atoms with Crippen LogP contribution in [0.3, 0.4) is 0 Å². The zero-order valence-electron chi connectivity index (χ0n) is 8.63. The van der Waals surface area contributed by atoms with E-state index in [1.54, 1.807) is 0 Å². The Labute approximate surface area is 86.0 Å². The first kappa shape index (κ1) is 10.0. The van der Waals surface area contributed by atoms with Crippen molar-refractivity contribution in [2.45, 2.75) is 50.2 Å². The van der Waals surface area contributed by atoms with Crippen LogP contribution < -0.4 is 0 Å². The third-order valence-corrected chi connectivity index (χ3v) is 3.23. The smallest absolute Gasteiger partial charge is 0.108 e. The van der Waals surface area contributed by atoms with Crippen LogP contribution in [0.5, 0.6) is 0 Å². The van der Waals surface area contributed by atoms with Crippen molar-refractivity contribution < 1.29 is 9.47 Å². The van der Waals surface area contributed by atoms with E-state index in [4.69, 9.17) is 15.9 Å². The number of hydrogen-bond acceptors (Lipinski definition) is 2. The van der Waals surface area contributed by atoms with E-state index in [0.29, 0.717) is 12.7 Å². The Kier molecular flexibility index (Phi) is 3.10. The minimum atomic E-state index is 0.0474. The van der Waals surface area contributed by atoms with Crippen LogP contribution in [0.1, 0.15) is 38.5 Å². The van der Waals surface area contributed by atoms with Gasteiger partial charge in [0.2, 0.25) is 0 Å². The molecule has 1 aliphatic carbocycles. The molecule has 2 rings (SSSR count). The first-order chi connectivity index (χ1) is 6.85. The van der Waals surface area contributed by atoms with Gasteiger partial charge in [0.15, 0.2) is 0 Å². The summed E-state index contributed by atoms with van der Waals surface area (Å²) >= 11 is 0. The van der Waals surface area contributed by atoms with Crippen LogP contribution in [-0.2, 0) is 9.47 Å². The molecule has 1 unspecified atom stereocenters. The van der Waals surface area contributed by atoms with Gasteiger partial charge in [0.1, 0.15) is 6.61 Å². The van der Waals surface area contributed by atoms with Gasteiger partial charge in [0.25, 0.3) is 0 Å². The maximum absolute atomic E-state index is 5.85. The van der Waals surface area contributed by atoms with Crippen LogP contribution in [-0.4, -0.2) is 24.9 Å². The summed E-state index contributed by atoms with van der Waals surface area (Å²) < 4.78 is 11.1. The van der Waals surface area contributed by atoms with Gasteiger partial charge in [-0.1, -0.05) is 25.2 Å². The molecule has 0 spiro atoms. The standard InChI is InChI=1S/C12H18O2/c1-2-8-14-12(9-11-10-13-11)6-4-3-5-7-12/h1,11H,3-10H2. The normalized spacial score (nSPS) is 29.5. The van der Waals surface area contributed by atoms with Gasteiger partial charge in [0, 0.05) is 6.42 Å². The molecule has 1 atom stereocenters. The van der Waals surface area contributed by atoms with Gasteiger partial charge in [-0.25, -0.2) is 0 Å². The van der Waals surface area contributed by atoms with E-state index in [0.717, 1.165) is 25.9 Å². The highest BCUT2D eigenvalue weighted by Gasteiger charge is 2.39. The van der Waals surface area contributed by atoms with Gasteiger partial charge in [-0.2, -0.15) is 0 Å². The van der Waals surface area contributed by atoms with Crippen LogP contribution in [0.4, 0.5) is 0 Å². The summed E-state index contributed by atoms with van der Waals surface area (Å²) in [5.74, 6) is 2.57. The molecule has 2 nitrogen and oxygen atoms in total. The first-order valence-corrected chi connectivity index (χ1v) is 5.54. The summed E-state index contributed by atoms with van der Waals surface area (Å²) in [4.78, 5) is 0. The van der Waals surface area contributed by atoms with Crippen molar-refractivity contribution in [1.82, 2.24) is 0 Å². The van der Waals surface area contributed by atoms with Gasteiger partial charge in [0.05, 0.1) is 18.3 Å². The Morgan fingerprint density at radius 1 is 1.36 bits per heavy atom. The van der Waals surface area contributed by atoms with E-state index in [9.17, 15) is 0 Å². The van der Waals surface area contributed by atoms with Crippen molar-refractivity contribution in [3.05, 3.63) is 0 Å². The molecule has 1 heterocycles. The molecule has 0 aromatic rings. The molecule has 2 aliphatic rings. The molecule has 2 heteroatoms. The van der Waals surface area contributed by atoms with Crippen molar-refractivity contribution >= 4 is 0 Å². The predicted octanol–water partition coefficient (Wildman–Crippen LogP) is 2.13. The highest BCUT2D eigenvalue weighted by Crippen LogP contribution is 2.38. The molecular weight excluding hydrogens is 176 g/mol. The van der Waals surface area contributed by atoms with E-state index in [1.807, 2.05) is 0 Å². The number of rotatable bonds is 4. The molecule has 0 aromatic carbocycles. The molecule has 0 aromatic heterocycles. The molecule has 0 amide bonds. The first-order valence-electron chi connectivity index (χ1n) is 5.54. The second kappa shape index (κ2) is 4.33. The Morgan fingerprint density at radius 2 is 2.07 bits per heavy atom. The molecule has 0 N–H and O–H groups in total. The Morgan fingerprint density at radius 3 is 2.64 bits per heavy atom. The average Bonchev–Trinajstić information content (AvgIpc) is 3.00. The fraction of sp³-hybridized carbons (Fsp3) is 0.833. The fourth-order valence-corrected chi connectivity index (χ4v) is 2.40. The summed E-state index contributed by atoms with van der Waals surface area (Å²) in [6.07, 6.45) is 13.0. The molecule has 1 aliphatic heterocycles. The van der Waals surface area contributed by atoms with Crippen LogP contribution in [0.2, 0.25) is 0 Å². The molecule has 78 valence electrons. The molecule has 0 radical (unpaired) electrons. The number of hydrogen-bond donors (Lipinski definition) is 0. The number of terminal acetylenes is 1. The molecule has 1 saturated heterocycles. The fourth-order valence-electron chi connectivity index (χ4n) is 2.40. The quantitative estimate of drug-likeness (QED) is 0.505. The predicted molar refractivity (Wildman–Crippen MR) is 55.0 cm³/mol. The Balaban J connectivity index is 1.90. The van der Waals surface area contributed by atoms with Crippen molar-refractivity contribution in [3.8, 4) is 12.3 Å². The van der Waals surface area contributed by atoms with E-state index in [2.05, 4.69) is 5.92 Å². The van der Waals surface area contributed by atoms with E-state index in [1.165, 1.54) is 19.3 Å². The second-order valence-corrected chi connectivity index (χ2v) is 4.40. The number of ether oxygens (including phenoxy) is 2. The largest absolute Gasteiger partial charge is 0.373 e. The van der Waals surface area contributed by atoms with Crippen molar-refractivity contribution in [1.29, 1.82) is 0 Å². The number of epoxide rings is 1. The van der Waals surface area contributed by atoms with Crippen molar-refractivity contribution in [2.75, 3.05) is 13.2 Å². The van der Waals surface area contributed by atoms with Gasteiger partial charge in [-0.3, -0.25) is 0 Å². The summed E-state index contributed by atoms with van der Waals surface area (Å²) in [5.41, 5.74) is 0.0474. The van der Waals surface area contributed by atoms with Crippen molar-refractivity contribution in [2.24, 2.45) is 0 Å². The lowest BCUT2D eigenvalue weighted by molar-refractivity contribution is -0.0650. The molecule has 0 bridgehead atoms. The monoisotopic (exact) mass is 194 g/mol. The topological polar surface area (TPSA) is 21.8 Å².